The van der Waals surface area contributed by atoms with Crippen molar-refractivity contribution in [3.63, 3.8) is 0 Å². The largest absolute Gasteiger partial charge is 0.494 e. The Hall–Kier alpha value is -1.84. The maximum atomic E-state index is 13.1. The molecule has 3 nitrogen and oxygen atoms in total. The Balaban J connectivity index is 2.91. The molecule has 0 atom stereocenters. The molecule has 14 heavy (non-hydrogen) atoms. The fourth-order valence-electron chi connectivity index (χ4n) is 0.954. The van der Waals surface area contributed by atoms with E-state index in [2.05, 4.69) is 0 Å². The van der Waals surface area contributed by atoms with E-state index < -0.39 is 11.8 Å². The standard InChI is InChI=1S/C10H9FO3/c1-14-9-4-2-7(6-8(9)11)3-5-10(12)13/h2-6H,1H3,(H,12,13)/b5-3-. The summed E-state index contributed by atoms with van der Waals surface area (Å²) in [6.07, 6.45) is 2.26. The van der Waals surface area contributed by atoms with E-state index in [-0.39, 0.29) is 5.75 Å². The maximum Gasteiger partial charge on any atom is 0.328 e. The average Bonchev–Trinajstić information content (AvgIpc) is 2.15. The highest BCUT2D eigenvalue weighted by Gasteiger charge is 2.01. The molecule has 0 aliphatic rings. The number of hydrogen-bond acceptors (Lipinski definition) is 2. The molecule has 0 aliphatic heterocycles. The Bertz CT molecular complexity index is 372. The fraction of sp³-hybridized carbons (Fsp3) is 0.100. The van der Waals surface area contributed by atoms with Gasteiger partial charge in [0.2, 0.25) is 0 Å². The molecule has 0 aliphatic carbocycles. The second-order valence-corrected chi connectivity index (χ2v) is 2.57. The number of ether oxygens (including phenoxy) is 1. The first-order valence-electron chi connectivity index (χ1n) is 3.88. The predicted molar refractivity (Wildman–Crippen MR) is 49.6 cm³/mol. The Labute approximate surface area is 80.4 Å². The van der Waals surface area contributed by atoms with Crippen LogP contribution in [0.2, 0.25) is 0 Å². The molecule has 0 aromatic heterocycles. The van der Waals surface area contributed by atoms with Gasteiger partial charge in [-0.05, 0) is 23.8 Å². The van der Waals surface area contributed by atoms with E-state index in [0.717, 1.165) is 6.08 Å². The minimum Gasteiger partial charge on any atom is -0.494 e. The molecule has 1 aromatic carbocycles. The lowest BCUT2D eigenvalue weighted by Gasteiger charge is -2.01. The molecule has 74 valence electrons. The monoisotopic (exact) mass is 196 g/mol. The summed E-state index contributed by atoms with van der Waals surface area (Å²) in [7, 11) is 1.37. The van der Waals surface area contributed by atoms with Gasteiger partial charge in [0.15, 0.2) is 11.6 Å². The predicted octanol–water partition coefficient (Wildman–Crippen LogP) is 1.93. The SMILES string of the molecule is COc1ccc(/C=C\C(=O)O)cc1F. The lowest BCUT2D eigenvalue weighted by Crippen LogP contribution is -1.89. The Morgan fingerprint density at radius 3 is 2.79 bits per heavy atom. The minimum absolute atomic E-state index is 0.137. The van der Waals surface area contributed by atoms with Gasteiger partial charge in [0, 0.05) is 6.08 Å². The molecule has 0 bridgehead atoms. The average molecular weight is 196 g/mol. The molecule has 0 amide bonds. The highest BCUT2D eigenvalue weighted by atomic mass is 19.1. The maximum absolute atomic E-state index is 13.1. The van der Waals surface area contributed by atoms with Gasteiger partial charge in [0.05, 0.1) is 7.11 Å². The lowest BCUT2D eigenvalue weighted by molar-refractivity contribution is -0.131. The molecular formula is C10H9FO3. The van der Waals surface area contributed by atoms with Crippen LogP contribution in [0, 0.1) is 5.82 Å². The normalized spacial score (nSPS) is 10.4. The molecule has 1 rings (SSSR count). The molecule has 0 saturated heterocycles. The van der Waals surface area contributed by atoms with E-state index in [4.69, 9.17) is 9.84 Å². The Kier molecular flexibility index (Phi) is 3.23. The topological polar surface area (TPSA) is 46.5 Å². The van der Waals surface area contributed by atoms with Crippen molar-refractivity contribution in [2.24, 2.45) is 0 Å². The molecular weight excluding hydrogens is 187 g/mol. The van der Waals surface area contributed by atoms with Gasteiger partial charge in [0.1, 0.15) is 0 Å². The summed E-state index contributed by atoms with van der Waals surface area (Å²) in [6.45, 7) is 0. The molecule has 1 aromatic rings. The van der Waals surface area contributed by atoms with Gasteiger partial charge >= 0.3 is 5.97 Å². The van der Waals surface area contributed by atoms with Crippen LogP contribution in [0.25, 0.3) is 6.08 Å². The van der Waals surface area contributed by atoms with Gasteiger partial charge in [-0.25, -0.2) is 9.18 Å². The zero-order valence-electron chi connectivity index (χ0n) is 7.53. The van der Waals surface area contributed by atoms with Crippen LogP contribution in [0.15, 0.2) is 24.3 Å². The number of methoxy groups -OCH3 is 1. The second-order valence-electron chi connectivity index (χ2n) is 2.57. The van der Waals surface area contributed by atoms with Gasteiger partial charge < -0.3 is 9.84 Å². The smallest absolute Gasteiger partial charge is 0.328 e. The quantitative estimate of drug-likeness (QED) is 0.751. The van der Waals surface area contributed by atoms with Gasteiger partial charge in [-0.3, -0.25) is 0 Å². The number of aliphatic carboxylic acids is 1. The number of carboxylic acid groups (broad SMARTS) is 1. The van der Waals surface area contributed by atoms with Crippen molar-refractivity contribution in [3.8, 4) is 5.75 Å². The molecule has 1 N–H and O–H groups in total. The van der Waals surface area contributed by atoms with Crippen LogP contribution in [0.4, 0.5) is 4.39 Å². The van der Waals surface area contributed by atoms with Crippen molar-refractivity contribution in [1.82, 2.24) is 0 Å². The van der Waals surface area contributed by atoms with E-state index in [0.29, 0.717) is 5.56 Å². The number of rotatable bonds is 3. The van der Waals surface area contributed by atoms with Crippen molar-refractivity contribution in [3.05, 3.63) is 35.7 Å². The second kappa shape index (κ2) is 4.41. The summed E-state index contributed by atoms with van der Waals surface area (Å²) < 4.78 is 17.8. The molecule has 0 unspecified atom stereocenters. The number of hydrogen-bond donors (Lipinski definition) is 1. The van der Waals surface area contributed by atoms with Crippen molar-refractivity contribution in [2.45, 2.75) is 0 Å². The van der Waals surface area contributed by atoms with Crippen LogP contribution in [0.5, 0.6) is 5.75 Å². The van der Waals surface area contributed by atoms with Gasteiger partial charge in [0.25, 0.3) is 0 Å². The zero-order chi connectivity index (χ0) is 10.6. The minimum atomic E-state index is -1.07. The molecule has 0 saturated carbocycles. The molecule has 0 fully saturated rings. The third-order valence-corrected chi connectivity index (χ3v) is 1.59. The van der Waals surface area contributed by atoms with Crippen LogP contribution in [0.3, 0.4) is 0 Å². The first-order valence-corrected chi connectivity index (χ1v) is 3.88. The highest BCUT2D eigenvalue weighted by Crippen LogP contribution is 2.18. The van der Waals surface area contributed by atoms with E-state index >= 15 is 0 Å². The molecule has 0 spiro atoms. The van der Waals surface area contributed by atoms with E-state index in [9.17, 15) is 9.18 Å². The summed E-state index contributed by atoms with van der Waals surface area (Å²) in [5.41, 5.74) is 0.478. The van der Waals surface area contributed by atoms with E-state index in [1.54, 1.807) is 6.07 Å². The summed E-state index contributed by atoms with van der Waals surface area (Å²) in [5, 5.41) is 8.34. The fourth-order valence-corrected chi connectivity index (χ4v) is 0.954. The van der Waals surface area contributed by atoms with Crippen LogP contribution in [-0.4, -0.2) is 18.2 Å². The summed E-state index contributed by atoms with van der Waals surface area (Å²) in [6, 6.07) is 4.22. The van der Waals surface area contributed by atoms with E-state index in [1.807, 2.05) is 0 Å². The summed E-state index contributed by atoms with van der Waals surface area (Å²) in [5.74, 6) is -1.45. The first kappa shape index (κ1) is 10.2. The van der Waals surface area contributed by atoms with Crippen molar-refractivity contribution < 1.29 is 19.0 Å². The lowest BCUT2D eigenvalue weighted by atomic mass is 10.2. The number of carbonyl (C=O) groups is 1. The Morgan fingerprint density at radius 2 is 2.29 bits per heavy atom. The summed E-state index contributed by atoms with van der Waals surface area (Å²) >= 11 is 0. The molecule has 4 heteroatoms. The van der Waals surface area contributed by atoms with E-state index in [1.165, 1.54) is 25.3 Å². The third-order valence-electron chi connectivity index (χ3n) is 1.59. The number of benzene rings is 1. The number of halogens is 1. The van der Waals surface area contributed by atoms with Crippen LogP contribution < -0.4 is 4.74 Å². The van der Waals surface area contributed by atoms with Crippen LogP contribution >= 0.6 is 0 Å². The molecule has 0 radical (unpaired) electrons. The third kappa shape index (κ3) is 2.58. The molecule has 0 heterocycles. The van der Waals surface area contributed by atoms with Crippen LogP contribution in [0.1, 0.15) is 5.56 Å². The first-order chi connectivity index (χ1) is 6.63. The van der Waals surface area contributed by atoms with Crippen molar-refractivity contribution >= 4 is 12.0 Å². The summed E-state index contributed by atoms with van der Waals surface area (Å²) in [4.78, 5) is 10.2. The highest BCUT2D eigenvalue weighted by molar-refractivity contribution is 5.85. The Morgan fingerprint density at radius 1 is 1.57 bits per heavy atom. The van der Waals surface area contributed by atoms with Crippen molar-refractivity contribution in [1.29, 1.82) is 0 Å². The number of carboxylic acids is 1. The van der Waals surface area contributed by atoms with Gasteiger partial charge in [-0.1, -0.05) is 6.07 Å². The van der Waals surface area contributed by atoms with Gasteiger partial charge in [-0.15, -0.1) is 0 Å². The zero-order valence-corrected chi connectivity index (χ0v) is 7.53. The van der Waals surface area contributed by atoms with Gasteiger partial charge in [-0.2, -0.15) is 0 Å². The van der Waals surface area contributed by atoms with Crippen molar-refractivity contribution in [2.75, 3.05) is 7.11 Å². The van der Waals surface area contributed by atoms with Crippen LogP contribution in [-0.2, 0) is 4.79 Å².